The van der Waals surface area contributed by atoms with Crippen LogP contribution in [0.1, 0.15) is 45.4 Å². The molecule has 1 aliphatic heterocycles. The second kappa shape index (κ2) is 4.97. The van der Waals surface area contributed by atoms with Crippen LogP contribution in [-0.4, -0.2) is 24.5 Å². The van der Waals surface area contributed by atoms with Crippen LogP contribution in [0, 0.1) is 5.92 Å². The van der Waals surface area contributed by atoms with E-state index in [0.29, 0.717) is 18.5 Å². The lowest BCUT2D eigenvalue weighted by Crippen LogP contribution is -2.40. The topological polar surface area (TPSA) is 41.1 Å². The summed E-state index contributed by atoms with van der Waals surface area (Å²) in [4.78, 5) is 11.0. The summed E-state index contributed by atoms with van der Waals surface area (Å²) in [6.45, 7) is 3.20. The summed E-state index contributed by atoms with van der Waals surface area (Å²) in [7, 11) is 0. The molecule has 1 saturated carbocycles. The van der Waals surface area contributed by atoms with E-state index in [1.807, 2.05) is 0 Å². The molecule has 1 aliphatic carbocycles. The standard InChI is InChI=1S/C12H22N2O/c1-9(7-10-3-2-4-10)13-8-11-5-6-12(15)14-11/h9-11,13H,2-8H2,1H3,(H,14,15). The first-order chi connectivity index (χ1) is 7.24. The van der Waals surface area contributed by atoms with Crippen LogP contribution in [-0.2, 0) is 4.79 Å². The first kappa shape index (κ1) is 10.9. The lowest BCUT2D eigenvalue weighted by atomic mass is 9.81. The van der Waals surface area contributed by atoms with E-state index in [0.717, 1.165) is 18.9 Å². The maximum absolute atomic E-state index is 11.0. The third kappa shape index (κ3) is 3.20. The number of nitrogens with one attached hydrogen (secondary N) is 2. The third-order valence-electron chi connectivity index (χ3n) is 3.71. The van der Waals surface area contributed by atoms with Gasteiger partial charge in [-0.1, -0.05) is 19.3 Å². The summed E-state index contributed by atoms with van der Waals surface area (Å²) in [6, 6.07) is 0.981. The van der Waals surface area contributed by atoms with Crippen LogP contribution in [0.5, 0.6) is 0 Å². The molecule has 3 nitrogen and oxygen atoms in total. The predicted octanol–water partition coefficient (Wildman–Crippen LogP) is 1.43. The van der Waals surface area contributed by atoms with Crippen molar-refractivity contribution in [3.05, 3.63) is 0 Å². The molecule has 0 aromatic rings. The van der Waals surface area contributed by atoms with Crippen molar-refractivity contribution in [1.29, 1.82) is 0 Å². The van der Waals surface area contributed by atoms with Gasteiger partial charge in [-0.2, -0.15) is 0 Å². The fourth-order valence-electron chi connectivity index (χ4n) is 2.49. The molecule has 1 amide bonds. The van der Waals surface area contributed by atoms with Gasteiger partial charge in [0.25, 0.3) is 0 Å². The quantitative estimate of drug-likeness (QED) is 0.721. The maximum Gasteiger partial charge on any atom is 0.220 e. The van der Waals surface area contributed by atoms with E-state index in [4.69, 9.17) is 0 Å². The van der Waals surface area contributed by atoms with E-state index in [-0.39, 0.29) is 5.91 Å². The Balaban J connectivity index is 1.58. The van der Waals surface area contributed by atoms with Crippen molar-refractivity contribution in [2.45, 2.75) is 57.5 Å². The van der Waals surface area contributed by atoms with Crippen molar-refractivity contribution in [3.8, 4) is 0 Å². The van der Waals surface area contributed by atoms with Gasteiger partial charge in [0.2, 0.25) is 5.91 Å². The Bertz CT molecular complexity index is 226. The van der Waals surface area contributed by atoms with E-state index in [1.54, 1.807) is 0 Å². The molecule has 2 N–H and O–H groups in total. The van der Waals surface area contributed by atoms with Crippen LogP contribution in [0.25, 0.3) is 0 Å². The van der Waals surface area contributed by atoms with Gasteiger partial charge in [-0.25, -0.2) is 0 Å². The van der Waals surface area contributed by atoms with Gasteiger partial charge in [0.15, 0.2) is 0 Å². The molecule has 0 aromatic heterocycles. The molecule has 15 heavy (non-hydrogen) atoms. The summed E-state index contributed by atoms with van der Waals surface area (Å²) in [5, 5.41) is 6.52. The van der Waals surface area contributed by atoms with Crippen molar-refractivity contribution in [3.63, 3.8) is 0 Å². The molecule has 2 aliphatic rings. The second-order valence-corrected chi connectivity index (χ2v) is 5.15. The van der Waals surface area contributed by atoms with Crippen molar-refractivity contribution < 1.29 is 4.79 Å². The number of carbonyl (C=O) groups is 1. The molecule has 1 saturated heterocycles. The highest BCUT2D eigenvalue weighted by atomic mass is 16.1. The van der Waals surface area contributed by atoms with Gasteiger partial charge in [0.1, 0.15) is 0 Å². The number of carbonyl (C=O) groups excluding carboxylic acids is 1. The Labute approximate surface area is 92.0 Å². The molecule has 2 rings (SSSR count). The van der Waals surface area contributed by atoms with Crippen LogP contribution >= 0.6 is 0 Å². The van der Waals surface area contributed by atoms with Gasteiger partial charge < -0.3 is 10.6 Å². The molecule has 0 radical (unpaired) electrons. The van der Waals surface area contributed by atoms with Gasteiger partial charge in [0, 0.05) is 25.0 Å². The Morgan fingerprint density at radius 1 is 1.47 bits per heavy atom. The molecule has 2 unspecified atom stereocenters. The normalized spacial score (nSPS) is 28.6. The monoisotopic (exact) mass is 210 g/mol. The molecule has 2 fully saturated rings. The minimum absolute atomic E-state index is 0.216. The summed E-state index contributed by atoms with van der Waals surface area (Å²) in [5.74, 6) is 1.18. The number of hydrogen-bond acceptors (Lipinski definition) is 2. The molecular weight excluding hydrogens is 188 g/mol. The van der Waals surface area contributed by atoms with Crippen molar-refractivity contribution >= 4 is 5.91 Å². The summed E-state index contributed by atoms with van der Waals surface area (Å²) < 4.78 is 0. The number of rotatable bonds is 5. The summed E-state index contributed by atoms with van der Waals surface area (Å²) >= 11 is 0. The van der Waals surface area contributed by atoms with Crippen LogP contribution in [0.15, 0.2) is 0 Å². The van der Waals surface area contributed by atoms with Crippen molar-refractivity contribution in [2.75, 3.05) is 6.54 Å². The minimum atomic E-state index is 0.216. The zero-order valence-electron chi connectivity index (χ0n) is 9.59. The van der Waals surface area contributed by atoms with Crippen LogP contribution in [0.3, 0.4) is 0 Å². The highest BCUT2D eigenvalue weighted by Gasteiger charge is 2.23. The lowest BCUT2D eigenvalue weighted by molar-refractivity contribution is -0.119. The van der Waals surface area contributed by atoms with Crippen molar-refractivity contribution in [1.82, 2.24) is 10.6 Å². The molecule has 86 valence electrons. The van der Waals surface area contributed by atoms with E-state index in [9.17, 15) is 4.79 Å². The number of amides is 1. The smallest absolute Gasteiger partial charge is 0.220 e. The Kier molecular flexibility index (Phi) is 3.62. The van der Waals surface area contributed by atoms with Crippen LogP contribution in [0.4, 0.5) is 0 Å². The molecule has 0 aromatic carbocycles. The maximum atomic E-state index is 11.0. The van der Waals surface area contributed by atoms with E-state index in [1.165, 1.54) is 25.7 Å². The zero-order chi connectivity index (χ0) is 10.7. The average Bonchev–Trinajstić information content (AvgIpc) is 2.55. The molecule has 1 heterocycles. The van der Waals surface area contributed by atoms with Gasteiger partial charge in [-0.05, 0) is 25.7 Å². The van der Waals surface area contributed by atoms with Gasteiger partial charge >= 0.3 is 0 Å². The Morgan fingerprint density at radius 3 is 2.80 bits per heavy atom. The van der Waals surface area contributed by atoms with Gasteiger partial charge in [0.05, 0.1) is 0 Å². The minimum Gasteiger partial charge on any atom is -0.352 e. The third-order valence-corrected chi connectivity index (χ3v) is 3.71. The fourth-order valence-corrected chi connectivity index (χ4v) is 2.49. The van der Waals surface area contributed by atoms with E-state index < -0.39 is 0 Å². The van der Waals surface area contributed by atoms with E-state index >= 15 is 0 Å². The fraction of sp³-hybridized carbons (Fsp3) is 0.917. The lowest BCUT2D eigenvalue weighted by Gasteiger charge is -2.29. The van der Waals surface area contributed by atoms with E-state index in [2.05, 4.69) is 17.6 Å². The molecule has 0 spiro atoms. The molecule has 2 atom stereocenters. The molecular formula is C12H22N2O. The highest BCUT2D eigenvalue weighted by molar-refractivity contribution is 5.78. The number of hydrogen-bond donors (Lipinski definition) is 2. The molecule has 3 heteroatoms. The first-order valence-electron chi connectivity index (χ1n) is 6.27. The Hall–Kier alpha value is -0.570. The van der Waals surface area contributed by atoms with Gasteiger partial charge in [-0.3, -0.25) is 4.79 Å². The van der Waals surface area contributed by atoms with Crippen LogP contribution in [0.2, 0.25) is 0 Å². The average molecular weight is 210 g/mol. The largest absolute Gasteiger partial charge is 0.352 e. The summed E-state index contributed by atoms with van der Waals surface area (Å²) in [5.41, 5.74) is 0. The van der Waals surface area contributed by atoms with Crippen molar-refractivity contribution in [2.24, 2.45) is 5.92 Å². The predicted molar refractivity (Wildman–Crippen MR) is 60.6 cm³/mol. The highest BCUT2D eigenvalue weighted by Crippen LogP contribution is 2.30. The second-order valence-electron chi connectivity index (χ2n) is 5.15. The Morgan fingerprint density at radius 2 is 2.27 bits per heavy atom. The summed E-state index contributed by atoms with van der Waals surface area (Å²) in [6.07, 6.45) is 7.29. The molecule has 0 bridgehead atoms. The first-order valence-corrected chi connectivity index (χ1v) is 6.27. The SMILES string of the molecule is CC(CC1CCC1)NCC1CCC(=O)N1. The van der Waals surface area contributed by atoms with Gasteiger partial charge in [-0.15, -0.1) is 0 Å². The van der Waals surface area contributed by atoms with Crippen LogP contribution < -0.4 is 10.6 Å². The zero-order valence-corrected chi connectivity index (χ0v) is 9.59.